The number of likely N-dealkylation sites (tertiary alicyclic amines) is 1. The Balaban J connectivity index is 2.29. The van der Waals surface area contributed by atoms with E-state index in [2.05, 4.69) is 0 Å². The molecule has 0 unspecified atom stereocenters. The molecule has 1 aromatic carbocycles. The minimum absolute atomic E-state index is 0.122. The van der Waals surface area contributed by atoms with E-state index in [0.29, 0.717) is 16.8 Å². The van der Waals surface area contributed by atoms with E-state index in [1.165, 1.54) is 6.07 Å². The number of anilines is 1. The molecule has 2 rings (SSSR count). The Hall–Kier alpha value is -1.58. The fourth-order valence-electron chi connectivity index (χ4n) is 1.93. The number of nitrogens with two attached hydrogens (primary N) is 1. The van der Waals surface area contributed by atoms with Gasteiger partial charge in [0.25, 0.3) is 5.91 Å². The number of amides is 1. The smallest absolute Gasteiger partial charge is 0.254 e. The molecule has 0 bridgehead atoms. The van der Waals surface area contributed by atoms with E-state index in [-0.39, 0.29) is 5.91 Å². The number of rotatable bonds is 1. The zero-order valence-electron chi connectivity index (χ0n) is 9.29. The van der Waals surface area contributed by atoms with Crippen LogP contribution in [0.1, 0.15) is 28.8 Å². The molecule has 0 atom stereocenters. The molecular formula is C12H15FN2O. The third-order valence-electron chi connectivity index (χ3n) is 3.02. The van der Waals surface area contributed by atoms with Crippen molar-refractivity contribution in [3.8, 4) is 0 Å². The van der Waals surface area contributed by atoms with E-state index in [9.17, 15) is 9.18 Å². The molecular weight excluding hydrogens is 207 g/mol. The fraction of sp³-hybridized carbons (Fsp3) is 0.417. The molecule has 0 aromatic heterocycles. The Kier molecular flexibility index (Phi) is 2.81. The van der Waals surface area contributed by atoms with Gasteiger partial charge in [0.05, 0.1) is 0 Å². The molecule has 16 heavy (non-hydrogen) atoms. The largest absolute Gasteiger partial charge is 0.398 e. The second-order valence-electron chi connectivity index (χ2n) is 4.17. The van der Waals surface area contributed by atoms with Gasteiger partial charge in [0.1, 0.15) is 5.82 Å². The molecule has 4 heteroatoms. The summed E-state index contributed by atoms with van der Waals surface area (Å²) in [5.41, 5.74) is 6.73. The summed E-state index contributed by atoms with van der Waals surface area (Å²) in [6.45, 7) is 3.12. The molecule has 0 radical (unpaired) electrons. The van der Waals surface area contributed by atoms with E-state index in [1.807, 2.05) is 0 Å². The number of halogens is 1. The van der Waals surface area contributed by atoms with E-state index in [4.69, 9.17) is 5.73 Å². The van der Waals surface area contributed by atoms with Crippen LogP contribution < -0.4 is 5.73 Å². The highest BCUT2D eigenvalue weighted by Gasteiger charge is 2.20. The number of nitrogens with zero attached hydrogens (tertiary/aromatic N) is 1. The van der Waals surface area contributed by atoms with Gasteiger partial charge < -0.3 is 10.6 Å². The van der Waals surface area contributed by atoms with Gasteiger partial charge in [-0.2, -0.15) is 0 Å². The number of hydrogen-bond donors (Lipinski definition) is 1. The Labute approximate surface area is 94.0 Å². The minimum Gasteiger partial charge on any atom is -0.398 e. The molecule has 86 valence electrons. The first-order valence-electron chi connectivity index (χ1n) is 5.44. The van der Waals surface area contributed by atoms with Crippen LogP contribution >= 0.6 is 0 Å². The lowest BCUT2D eigenvalue weighted by molar-refractivity contribution is 0.0792. The molecule has 0 spiro atoms. The van der Waals surface area contributed by atoms with Crippen LogP contribution in [0.4, 0.5) is 10.1 Å². The van der Waals surface area contributed by atoms with E-state index in [1.54, 1.807) is 17.9 Å². The van der Waals surface area contributed by atoms with Crippen molar-refractivity contribution in [2.24, 2.45) is 0 Å². The molecule has 0 aliphatic carbocycles. The molecule has 1 amide bonds. The number of benzene rings is 1. The monoisotopic (exact) mass is 222 g/mol. The van der Waals surface area contributed by atoms with Gasteiger partial charge in [0, 0.05) is 29.9 Å². The highest BCUT2D eigenvalue weighted by molar-refractivity contribution is 5.95. The van der Waals surface area contributed by atoms with Crippen molar-refractivity contribution in [1.29, 1.82) is 0 Å². The van der Waals surface area contributed by atoms with Crippen molar-refractivity contribution in [3.63, 3.8) is 0 Å². The summed E-state index contributed by atoms with van der Waals surface area (Å²) in [4.78, 5) is 13.7. The summed E-state index contributed by atoms with van der Waals surface area (Å²) in [5, 5.41) is 0. The van der Waals surface area contributed by atoms with Gasteiger partial charge >= 0.3 is 0 Å². The highest BCUT2D eigenvalue weighted by atomic mass is 19.1. The number of carbonyl (C=O) groups excluding carboxylic acids is 1. The third-order valence-corrected chi connectivity index (χ3v) is 3.02. The van der Waals surface area contributed by atoms with Gasteiger partial charge in [-0.05, 0) is 31.9 Å². The standard InChI is InChI=1S/C12H15FN2O/c1-8-10(13)6-9(7-11(8)14)12(16)15-4-2-3-5-15/h6-7H,2-5,14H2,1H3. The van der Waals surface area contributed by atoms with Crippen molar-refractivity contribution in [2.45, 2.75) is 19.8 Å². The Morgan fingerprint density at radius 1 is 1.38 bits per heavy atom. The lowest BCUT2D eigenvalue weighted by Crippen LogP contribution is -2.27. The van der Waals surface area contributed by atoms with Crippen LogP contribution in [-0.4, -0.2) is 23.9 Å². The van der Waals surface area contributed by atoms with Crippen molar-refractivity contribution >= 4 is 11.6 Å². The first-order valence-corrected chi connectivity index (χ1v) is 5.44. The minimum atomic E-state index is -0.414. The number of carbonyl (C=O) groups is 1. The second-order valence-corrected chi connectivity index (χ2v) is 4.17. The predicted octanol–water partition coefficient (Wildman–Crippen LogP) is 1.95. The van der Waals surface area contributed by atoms with Crippen molar-refractivity contribution in [1.82, 2.24) is 4.90 Å². The van der Waals surface area contributed by atoms with Gasteiger partial charge in [-0.1, -0.05) is 0 Å². The summed E-state index contributed by atoms with van der Waals surface area (Å²) in [5.74, 6) is -0.536. The van der Waals surface area contributed by atoms with E-state index in [0.717, 1.165) is 25.9 Å². The lowest BCUT2D eigenvalue weighted by Gasteiger charge is -2.16. The average molecular weight is 222 g/mol. The van der Waals surface area contributed by atoms with Crippen LogP contribution in [0.15, 0.2) is 12.1 Å². The van der Waals surface area contributed by atoms with E-state index >= 15 is 0 Å². The molecule has 2 N–H and O–H groups in total. The molecule has 3 nitrogen and oxygen atoms in total. The van der Waals surface area contributed by atoms with Crippen molar-refractivity contribution < 1.29 is 9.18 Å². The normalized spacial score (nSPS) is 15.5. The maximum atomic E-state index is 13.4. The highest BCUT2D eigenvalue weighted by Crippen LogP contribution is 2.20. The predicted molar refractivity (Wildman–Crippen MR) is 60.7 cm³/mol. The molecule has 0 saturated carbocycles. The van der Waals surface area contributed by atoms with Crippen molar-refractivity contribution in [2.75, 3.05) is 18.8 Å². The molecule has 1 heterocycles. The van der Waals surface area contributed by atoms with Gasteiger partial charge in [0.2, 0.25) is 0 Å². The molecule has 1 fully saturated rings. The molecule has 1 saturated heterocycles. The van der Waals surface area contributed by atoms with Gasteiger partial charge in [-0.25, -0.2) is 4.39 Å². The Morgan fingerprint density at radius 2 is 2.00 bits per heavy atom. The second kappa shape index (κ2) is 4.12. The van der Waals surface area contributed by atoms with E-state index < -0.39 is 5.82 Å². The Morgan fingerprint density at radius 3 is 2.56 bits per heavy atom. The van der Waals surface area contributed by atoms with Crippen LogP contribution in [-0.2, 0) is 0 Å². The number of hydrogen-bond acceptors (Lipinski definition) is 2. The topological polar surface area (TPSA) is 46.3 Å². The average Bonchev–Trinajstić information content (AvgIpc) is 2.77. The number of nitrogen functional groups attached to an aromatic ring is 1. The summed E-state index contributed by atoms with van der Waals surface area (Å²) < 4.78 is 13.4. The zero-order valence-corrected chi connectivity index (χ0v) is 9.29. The summed E-state index contributed by atoms with van der Waals surface area (Å²) in [6, 6.07) is 2.82. The third kappa shape index (κ3) is 1.87. The molecule has 1 aromatic rings. The van der Waals surface area contributed by atoms with Gasteiger partial charge in [-0.15, -0.1) is 0 Å². The maximum absolute atomic E-state index is 13.4. The van der Waals surface area contributed by atoms with Crippen LogP contribution in [0.25, 0.3) is 0 Å². The first kappa shape index (κ1) is 10.9. The quantitative estimate of drug-likeness (QED) is 0.738. The summed E-state index contributed by atoms with van der Waals surface area (Å²) in [6.07, 6.45) is 2.05. The summed E-state index contributed by atoms with van der Waals surface area (Å²) in [7, 11) is 0. The molecule has 1 aliphatic heterocycles. The fourth-order valence-corrected chi connectivity index (χ4v) is 1.93. The Bertz CT molecular complexity index is 402. The first-order chi connectivity index (χ1) is 7.59. The van der Waals surface area contributed by atoms with Crippen LogP contribution in [0.2, 0.25) is 0 Å². The maximum Gasteiger partial charge on any atom is 0.254 e. The van der Waals surface area contributed by atoms with Crippen LogP contribution in [0.3, 0.4) is 0 Å². The van der Waals surface area contributed by atoms with Gasteiger partial charge in [0.15, 0.2) is 0 Å². The lowest BCUT2D eigenvalue weighted by atomic mass is 10.1. The van der Waals surface area contributed by atoms with Crippen LogP contribution in [0, 0.1) is 12.7 Å². The van der Waals surface area contributed by atoms with Crippen LogP contribution in [0.5, 0.6) is 0 Å². The van der Waals surface area contributed by atoms with Gasteiger partial charge in [-0.3, -0.25) is 4.79 Å². The van der Waals surface area contributed by atoms with Crippen molar-refractivity contribution in [3.05, 3.63) is 29.1 Å². The molecule has 1 aliphatic rings. The summed E-state index contributed by atoms with van der Waals surface area (Å²) >= 11 is 0. The SMILES string of the molecule is Cc1c(N)cc(C(=O)N2CCCC2)cc1F. The zero-order chi connectivity index (χ0) is 11.7.